The number of rotatable bonds is 2. The lowest BCUT2D eigenvalue weighted by atomic mass is 9.91. The van der Waals surface area contributed by atoms with Crippen LogP contribution in [-0.4, -0.2) is 42.7 Å². The lowest BCUT2D eigenvalue weighted by molar-refractivity contribution is -0.180. The Morgan fingerprint density at radius 2 is 1.75 bits per heavy atom. The fourth-order valence-electron chi connectivity index (χ4n) is 3.24. The monoisotopic (exact) mass is 292 g/mol. The summed E-state index contributed by atoms with van der Waals surface area (Å²) in [4.78, 5) is 14.1. The third kappa shape index (κ3) is 3.65. The minimum Gasteiger partial charge on any atom is -0.341 e. The van der Waals surface area contributed by atoms with Crippen LogP contribution in [0.5, 0.6) is 0 Å². The van der Waals surface area contributed by atoms with Gasteiger partial charge in [-0.15, -0.1) is 0 Å². The molecule has 2 atom stereocenters. The number of nitrogens with zero attached hydrogens (tertiary/aromatic N) is 1. The molecule has 0 aromatic heterocycles. The number of hydrogen-bond donors (Lipinski definition) is 1. The van der Waals surface area contributed by atoms with E-state index in [1.54, 1.807) is 11.9 Å². The lowest BCUT2D eigenvalue weighted by Crippen LogP contribution is -2.53. The molecule has 1 amide bonds. The summed E-state index contributed by atoms with van der Waals surface area (Å²) in [6.45, 7) is -0.140. The van der Waals surface area contributed by atoms with Crippen LogP contribution in [0.1, 0.15) is 44.9 Å². The maximum Gasteiger partial charge on any atom is 0.393 e. The Morgan fingerprint density at radius 3 is 2.25 bits per heavy atom. The number of alkyl halides is 3. The standard InChI is InChI=1S/C14H23F3N2O/c1-19(11-5-3-2-4-6-11)13(20)12-8-7-10(9-18-12)14(15,16)17/h10-12,18H,2-9H2,1H3. The summed E-state index contributed by atoms with van der Waals surface area (Å²) in [5.74, 6) is -1.36. The second-order valence-electron chi connectivity index (χ2n) is 6.02. The molecule has 6 heteroatoms. The van der Waals surface area contributed by atoms with Gasteiger partial charge in [0.15, 0.2) is 0 Å². The van der Waals surface area contributed by atoms with Gasteiger partial charge in [0.2, 0.25) is 5.91 Å². The Hall–Kier alpha value is -0.780. The zero-order valence-corrected chi connectivity index (χ0v) is 11.9. The smallest absolute Gasteiger partial charge is 0.341 e. The third-order valence-corrected chi connectivity index (χ3v) is 4.65. The summed E-state index contributed by atoms with van der Waals surface area (Å²) in [6.07, 6.45) is 1.68. The number of carbonyl (C=O) groups is 1. The van der Waals surface area contributed by atoms with Crippen molar-refractivity contribution in [2.24, 2.45) is 5.92 Å². The summed E-state index contributed by atoms with van der Waals surface area (Å²) in [5, 5.41) is 2.78. The number of nitrogens with one attached hydrogen (secondary N) is 1. The molecule has 2 unspecified atom stereocenters. The maximum absolute atomic E-state index is 12.6. The van der Waals surface area contributed by atoms with Crippen molar-refractivity contribution in [2.75, 3.05) is 13.6 Å². The summed E-state index contributed by atoms with van der Waals surface area (Å²) < 4.78 is 37.8. The predicted octanol–water partition coefficient (Wildman–Crippen LogP) is 2.71. The Balaban J connectivity index is 1.85. The van der Waals surface area contributed by atoms with Crippen LogP contribution >= 0.6 is 0 Å². The molecule has 1 saturated heterocycles. The first-order valence-corrected chi connectivity index (χ1v) is 7.46. The average Bonchev–Trinajstić information content (AvgIpc) is 2.46. The molecule has 1 heterocycles. The second kappa shape index (κ2) is 6.33. The van der Waals surface area contributed by atoms with Crippen LogP contribution in [0.4, 0.5) is 13.2 Å². The molecule has 0 aromatic rings. The highest BCUT2D eigenvalue weighted by Crippen LogP contribution is 2.32. The highest BCUT2D eigenvalue weighted by Gasteiger charge is 2.43. The number of amides is 1. The molecule has 2 rings (SSSR count). The van der Waals surface area contributed by atoms with Crippen LogP contribution < -0.4 is 5.32 Å². The molecule has 0 radical (unpaired) electrons. The molecule has 20 heavy (non-hydrogen) atoms. The van der Waals surface area contributed by atoms with Gasteiger partial charge in [-0.25, -0.2) is 0 Å². The lowest BCUT2D eigenvalue weighted by Gasteiger charge is -2.36. The number of piperidine rings is 1. The highest BCUT2D eigenvalue weighted by atomic mass is 19.4. The highest BCUT2D eigenvalue weighted by molar-refractivity contribution is 5.82. The molecule has 1 N–H and O–H groups in total. The maximum atomic E-state index is 12.6. The van der Waals surface area contributed by atoms with E-state index in [2.05, 4.69) is 5.32 Å². The second-order valence-corrected chi connectivity index (χ2v) is 6.02. The van der Waals surface area contributed by atoms with E-state index >= 15 is 0 Å². The SMILES string of the molecule is CN(C(=O)C1CCC(C(F)(F)F)CN1)C1CCCCC1. The zero-order valence-electron chi connectivity index (χ0n) is 11.9. The molecule has 0 aromatic carbocycles. The van der Waals surface area contributed by atoms with Gasteiger partial charge in [-0.2, -0.15) is 13.2 Å². The van der Waals surface area contributed by atoms with E-state index in [9.17, 15) is 18.0 Å². The number of hydrogen-bond acceptors (Lipinski definition) is 2. The van der Waals surface area contributed by atoms with Gasteiger partial charge >= 0.3 is 6.18 Å². The van der Waals surface area contributed by atoms with Crippen molar-refractivity contribution < 1.29 is 18.0 Å². The third-order valence-electron chi connectivity index (χ3n) is 4.65. The van der Waals surface area contributed by atoms with Crippen LogP contribution in [0.15, 0.2) is 0 Å². The van der Waals surface area contributed by atoms with Crippen LogP contribution in [0.2, 0.25) is 0 Å². The van der Waals surface area contributed by atoms with E-state index in [-0.39, 0.29) is 31.3 Å². The summed E-state index contributed by atoms with van der Waals surface area (Å²) in [5.41, 5.74) is 0. The molecule has 116 valence electrons. The topological polar surface area (TPSA) is 32.3 Å². The Bertz CT molecular complexity index is 332. The largest absolute Gasteiger partial charge is 0.393 e. The van der Waals surface area contributed by atoms with E-state index in [1.807, 2.05) is 0 Å². The van der Waals surface area contributed by atoms with Crippen molar-refractivity contribution in [1.29, 1.82) is 0 Å². The van der Waals surface area contributed by atoms with Gasteiger partial charge in [0.25, 0.3) is 0 Å². The molecule has 1 saturated carbocycles. The minimum absolute atomic E-state index is 0.0440. The van der Waals surface area contributed by atoms with Crippen LogP contribution in [0, 0.1) is 5.92 Å². The molecule has 0 spiro atoms. The van der Waals surface area contributed by atoms with Crippen LogP contribution in [0.25, 0.3) is 0 Å². The van der Waals surface area contributed by atoms with Crippen LogP contribution in [-0.2, 0) is 4.79 Å². The Morgan fingerprint density at radius 1 is 1.10 bits per heavy atom. The van der Waals surface area contributed by atoms with E-state index in [0.717, 1.165) is 25.7 Å². The molecule has 0 bridgehead atoms. The quantitative estimate of drug-likeness (QED) is 0.848. The van der Waals surface area contributed by atoms with Crippen LogP contribution in [0.3, 0.4) is 0 Å². The Labute approximate surface area is 117 Å². The first-order chi connectivity index (χ1) is 9.39. The van der Waals surface area contributed by atoms with Gasteiger partial charge in [-0.3, -0.25) is 4.79 Å². The molecular formula is C14H23F3N2O. The van der Waals surface area contributed by atoms with Crippen molar-refractivity contribution in [3.63, 3.8) is 0 Å². The van der Waals surface area contributed by atoms with Crippen molar-refractivity contribution >= 4 is 5.91 Å². The first-order valence-electron chi connectivity index (χ1n) is 7.46. The molecule has 1 aliphatic heterocycles. The molecule has 2 aliphatic rings. The fourth-order valence-corrected chi connectivity index (χ4v) is 3.24. The normalized spacial score (nSPS) is 29.2. The Kier molecular flexibility index (Phi) is 4.94. The summed E-state index contributed by atoms with van der Waals surface area (Å²) in [6, 6.07) is -0.182. The first kappa shape index (κ1) is 15.6. The number of halogens is 3. The van der Waals surface area contributed by atoms with Gasteiger partial charge in [0, 0.05) is 19.6 Å². The van der Waals surface area contributed by atoms with Gasteiger partial charge in [-0.05, 0) is 25.7 Å². The molecule has 2 fully saturated rings. The predicted molar refractivity (Wildman–Crippen MR) is 70.2 cm³/mol. The van der Waals surface area contributed by atoms with E-state index in [1.165, 1.54) is 6.42 Å². The van der Waals surface area contributed by atoms with E-state index in [0.29, 0.717) is 0 Å². The van der Waals surface area contributed by atoms with Gasteiger partial charge in [0.1, 0.15) is 0 Å². The molecule has 1 aliphatic carbocycles. The van der Waals surface area contributed by atoms with Gasteiger partial charge in [0.05, 0.1) is 12.0 Å². The molecular weight excluding hydrogens is 269 g/mol. The van der Waals surface area contributed by atoms with Crippen molar-refractivity contribution in [2.45, 2.75) is 63.2 Å². The van der Waals surface area contributed by atoms with Crippen molar-refractivity contribution in [1.82, 2.24) is 10.2 Å². The van der Waals surface area contributed by atoms with Crippen molar-refractivity contribution in [3.05, 3.63) is 0 Å². The van der Waals surface area contributed by atoms with Gasteiger partial charge in [-0.1, -0.05) is 19.3 Å². The van der Waals surface area contributed by atoms with E-state index in [4.69, 9.17) is 0 Å². The summed E-state index contributed by atoms with van der Waals surface area (Å²) in [7, 11) is 1.79. The van der Waals surface area contributed by atoms with Crippen molar-refractivity contribution in [3.8, 4) is 0 Å². The zero-order chi connectivity index (χ0) is 14.8. The molecule has 3 nitrogen and oxygen atoms in total. The van der Waals surface area contributed by atoms with Gasteiger partial charge < -0.3 is 10.2 Å². The summed E-state index contributed by atoms with van der Waals surface area (Å²) >= 11 is 0. The average molecular weight is 292 g/mol. The van der Waals surface area contributed by atoms with E-state index < -0.39 is 18.1 Å². The number of carbonyl (C=O) groups excluding carboxylic acids is 1. The number of likely N-dealkylation sites (N-methyl/N-ethyl adjacent to an activating group) is 1. The minimum atomic E-state index is -4.16. The fraction of sp³-hybridized carbons (Fsp3) is 0.929.